The second-order valence-corrected chi connectivity index (χ2v) is 4.67. The number of halogens is 1. The van der Waals surface area contributed by atoms with Crippen molar-refractivity contribution >= 4 is 17.3 Å². The van der Waals surface area contributed by atoms with Crippen molar-refractivity contribution in [1.29, 1.82) is 5.26 Å². The van der Waals surface area contributed by atoms with Crippen LogP contribution in [0.5, 0.6) is 0 Å². The first kappa shape index (κ1) is 13.5. The highest BCUT2D eigenvalue weighted by atomic mass is 35.5. The minimum Gasteiger partial charge on any atom is -0.258 e. The molecule has 1 unspecified atom stereocenters. The Balaban J connectivity index is 3.17. The molecule has 1 aromatic rings. The van der Waals surface area contributed by atoms with Gasteiger partial charge in [-0.25, -0.2) is 0 Å². The van der Waals surface area contributed by atoms with E-state index >= 15 is 0 Å². The fraction of sp³-hybridized carbons (Fsp3) is 0.417. The van der Waals surface area contributed by atoms with Crippen molar-refractivity contribution in [2.24, 2.45) is 5.41 Å². The number of benzene rings is 1. The van der Waals surface area contributed by atoms with Gasteiger partial charge in [0.15, 0.2) is 0 Å². The van der Waals surface area contributed by atoms with Crippen molar-refractivity contribution in [3.8, 4) is 6.07 Å². The molecule has 0 aliphatic heterocycles. The zero-order valence-electron chi connectivity index (χ0n) is 9.74. The smallest absolute Gasteiger partial charge is 0.258 e. The number of nitrogens with zero attached hydrogens (tertiary/aromatic N) is 2. The van der Waals surface area contributed by atoms with Crippen molar-refractivity contribution in [3.63, 3.8) is 0 Å². The molecule has 4 nitrogen and oxygen atoms in total. The first-order valence-electron chi connectivity index (χ1n) is 5.26. The third-order valence-corrected chi connectivity index (χ3v) is 3.10. The van der Waals surface area contributed by atoms with Crippen LogP contribution in [0.15, 0.2) is 18.2 Å². The fourth-order valence-corrected chi connectivity index (χ4v) is 1.73. The summed E-state index contributed by atoms with van der Waals surface area (Å²) in [6.07, 6.45) is 0.962. The zero-order valence-corrected chi connectivity index (χ0v) is 10.5. The molecule has 0 saturated heterocycles. The molecule has 0 saturated carbocycles. The maximum atomic E-state index is 10.9. The number of rotatable bonds is 4. The molecular formula is C12H13ClN2O2. The molecule has 5 heteroatoms. The Morgan fingerprint density at radius 1 is 1.59 bits per heavy atom. The van der Waals surface area contributed by atoms with Crippen LogP contribution < -0.4 is 0 Å². The summed E-state index contributed by atoms with van der Waals surface area (Å²) in [4.78, 5) is 10.4. The SMILES string of the molecule is CCC(C)(C#N)Cc1cc(Cl)ccc1[N+](=O)[O-]. The lowest BCUT2D eigenvalue weighted by Gasteiger charge is -2.19. The average Bonchev–Trinajstić information content (AvgIpc) is 2.28. The second kappa shape index (κ2) is 5.15. The maximum absolute atomic E-state index is 10.9. The van der Waals surface area contributed by atoms with Crippen molar-refractivity contribution in [2.75, 3.05) is 0 Å². The van der Waals surface area contributed by atoms with Crippen LogP contribution in [0, 0.1) is 26.9 Å². The van der Waals surface area contributed by atoms with E-state index in [4.69, 9.17) is 16.9 Å². The topological polar surface area (TPSA) is 66.9 Å². The van der Waals surface area contributed by atoms with Crippen LogP contribution in [0.4, 0.5) is 5.69 Å². The number of hydrogen-bond acceptors (Lipinski definition) is 3. The summed E-state index contributed by atoms with van der Waals surface area (Å²) >= 11 is 5.83. The van der Waals surface area contributed by atoms with Gasteiger partial charge in [0.2, 0.25) is 0 Å². The molecule has 0 heterocycles. The van der Waals surface area contributed by atoms with Crippen LogP contribution >= 0.6 is 11.6 Å². The number of nitro benzene ring substituents is 1. The lowest BCUT2D eigenvalue weighted by atomic mass is 9.82. The summed E-state index contributed by atoms with van der Waals surface area (Å²) in [5.74, 6) is 0. The third-order valence-electron chi connectivity index (χ3n) is 2.87. The van der Waals surface area contributed by atoms with E-state index in [1.165, 1.54) is 12.1 Å². The van der Waals surface area contributed by atoms with E-state index in [0.717, 1.165) is 0 Å². The standard InChI is InChI=1S/C12H13ClN2O2/c1-3-12(2,8-14)7-9-6-10(13)4-5-11(9)15(16)17/h4-6H,3,7H2,1-2H3. The first-order valence-corrected chi connectivity index (χ1v) is 5.64. The van der Waals surface area contributed by atoms with Crippen LogP contribution in [-0.2, 0) is 6.42 Å². The van der Waals surface area contributed by atoms with Gasteiger partial charge in [-0.2, -0.15) is 5.26 Å². The molecule has 0 amide bonds. The summed E-state index contributed by atoms with van der Waals surface area (Å²) < 4.78 is 0. The minimum atomic E-state index is -0.602. The Kier molecular flexibility index (Phi) is 4.08. The van der Waals surface area contributed by atoms with Gasteiger partial charge in [0, 0.05) is 16.7 Å². The maximum Gasteiger partial charge on any atom is 0.272 e. The molecule has 1 atom stereocenters. The van der Waals surface area contributed by atoms with Gasteiger partial charge in [0.1, 0.15) is 0 Å². The average molecular weight is 253 g/mol. The lowest BCUT2D eigenvalue weighted by molar-refractivity contribution is -0.385. The Morgan fingerprint density at radius 3 is 2.71 bits per heavy atom. The molecule has 1 rings (SSSR count). The minimum absolute atomic E-state index is 0.0179. The highest BCUT2D eigenvalue weighted by Crippen LogP contribution is 2.31. The fourth-order valence-electron chi connectivity index (χ4n) is 1.54. The van der Waals surface area contributed by atoms with E-state index in [1.54, 1.807) is 13.0 Å². The van der Waals surface area contributed by atoms with Crippen molar-refractivity contribution in [2.45, 2.75) is 26.7 Å². The number of nitro groups is 1. The lowest BCUT2D eigenvalue weighted by Crippen LogP contribution is -2.16. The van der Waals surface area contributed by atoms with Gasteiger partial charge < -0.3 is 0 Å². The predicted octanol–water partition coefficient (Wildman–Crippen LogP) is 3.73. The predicted molar refractivity (Wildman–Crippen MR) is 65.8 cm³/mol. The van der Waals surface area contributed by atoms with E-state index in [9.17, 15) is 10.1 Å². The molecule has 0 aliphatic carbocycles. The van der Waals surface area contributed by atoms with Crippen LogP contribution in [0.25, 0.3) is 0 Å². The highest BCUT2D eigenvalue weighted by Gasteiger charge is 2.26. The van der Waals surface area contributed by atoms with Crippen molar-refractivity contribution < 1.29 is 4.92 Å². The largest absolute Gasteiger partial charge is 0.272 e. The number of nitriles is 1. The van der Waals surface area contributed by atoms with Crippen LogP contribution in [0.2, 0.25) is 5.02 Å². The Hall–Kier alpha value is -1.60. The monoisotopic (exact) mass is 252 g/mol. The Labute approximate surface area is 105 Å². The van der Waals surface area contributed by atoms with Gasteiger partial charge in [-0.1, -0.05) is 18.5 Å². The molecule has 0 N–H and O–H groups in total. The van der Waals surface area contributed by atoms with E-state index in [2.05, 4.69) is 6.07 Å². The van der Waals surface area contributed by atoms with Crippen LogP contribution in [0.3, 0.4) is 0 Å². The number of hydrogen-bond donors (Lipinski definition) is 0. The molecular weight excluding hydrogens is 240 g/mol. The molecule has 90 valence electrons. The van der Waals surface area contributed by atoms with Gasteiger partial charge in [-0.05, 0) is 31.9 Å². The molecule has 1 aromatic carbocycles. The molecule has 0 spiro atoms. The Bertz CT molecular complexity index is 482. The van der Waals surface area contributed by atoms with Crippen LogP contribution in [-0.4, -0.2) is 4.92 Å². The second-order valence-electron chi connectivity index (χ2n) is 4.23. The molecule has 0 fully saturated rings. The quantitative estimate of drug-likeness (QED) is 0.606. The van der Waals surface area contributed by atoms with Crippen molar-refractivity contribution in [1.82, 2.24) is 0 Å². The van der Waals surface area contributed by atoms with E-state index in [1.807, 2.05) is 6.92 Å². The first-order chi connectivity index (χ1) is 7.91. The van der Waals surface area contributed by atoms with Gasteiger partial charge in [-0.15, -0.1) is 0 Å². The van der Waals surface area contributed by atoms with Gasteiger partial charge in [-0.3, -0.25) is 10.1 Å². The Morgan fingerprint density at radius 2 is 2.24 bits per heavy atom. The van der Waals surface area contributed by atoms with E-state index in [0.29, 0.717) is 23.4 Å². The van der Waals surface area contributed by atoms with Gasteiger partial charge >= 0.3 is 0 Å². The molecule has 0 aromatic heterocycles. The summed E-state index contributed by atoms with van der Waals surface area (Å²) in [5, 5.41) is 20.4. The van der Waals surface area contributed by atoms with E-state index in [-0.39, 0.29) is 5.69 Å². The van der Waals surface area contributed by atoms with Gasteiger partial charge in [0.25, 0.3) is 5.69 Å². The molecule has 0 bridgehead atoms. The summed E-state index contributed by atoms with van der Waals surface area (Å²) in [7, 11) is 0. The summed E-state index contributed by atoms with van der Waals surface area (Å²) in [6.45, 7) is 3.68. The normalized spacial score (nSPS) is 13.8. The van der Waals surface area contributed by atoms with E-state index < -0.39 is 10.3 Å². The molecule has 0 radical (unpaired) electrons. The summed E-state index contributed by atoms with van der Waals surface area (Å²) in [5.41, 5.74) is -0.0761. The molecule has 0 aliphatic rings. The third kappa shape index (κ3) is 3.18. The molecule has 17 heavy (non-hydrogen) atoms. The highest BCUT2D eigenvalue weighted by molar-refractivity contribution is 6.30. The zero-order chi connectivity index (χ0) is 13.1. The summed E-state index contributed by atoms with van der Waals surface area (Å²) in [6, 6.07) is 6.62. The van der Waals surface area contributed by atoms with Crippen LogP contribution in [0.1, 0.15) is 25.8 Å². The van der Waals surface area contributed by atoms with Crippen molar-refractivity contribution in [3.05, 3.63) is 38.9 Å². The van der Waals surface area contributed by atoms with Gasteiger partial charge in [0.05, 0.1) is 16.4 Å².